The van der Waals surface area contributed by atoms with Crippen molar-refractivity contribution in [2.24, 2.45) is 0 Å². The van der Waals surface area contributed by atoms with Gasteiger partial charge in [0.2, 0.25) is 0 Å². The summed E-state index contributed by atoms with van der Waals surface area (Å²) in [5, 5.41) is 0.632. The minimum absolute atomic E-state index is 0.0584. The van der Waals surface area contributed by atoms with Crippen molar-refractivity contribution in [1.82, 2.24) is 9.88 Å². The molecule has 7 heteroatoms. The van der Waals surface area contributed by atoms with Crippen LogP contribution < -0.4 is 14.4 Å². The Balaban J connectivity index is 2.10. The number of hydrogen-bond acceptors (Lipinski definition) is 6. The molecule has 0 aliphatic rings. The van der Waals surface area contributed by atoms with E-state index in [1.807, 2.05) is 62.3 Å². The Morgan fingerprint density at radius 3 is 2.36 bits per heavy atom. The zero-order valence-corrected chi connectivity index (χ0v) is 17.7. The van der Waals surface area contributed by atoms with E-state index in [0.29, 0.717) is 28.5 Å². The highest BCUT2D eigenvalue weighted by Crippen LogP contribution is 2.40. The lowest BCUT2D eigenvalue weighted by molar-refractivity contribution is 0.0984. The van der Waals surface area contributed by atoms with Gasteiger partial charge >= 0.3 is 0 Å². The largest absolute Gasteiger partial charge is 0.495 e. The molecule has 0 spiro atoms. The molecule has 0 aliphatic carbocycles. The Hall–Kier alpha value is -2.64. The smallest absolute Gasteiger partial charge is 0.260 e. The molecule has 0 saturated carbocycles. The van der Waals surface area contributed by atoms with Crippen LogP contribution in [0.2, 0.25) is 0 Å². The van der Waals surface area contributed by atoms with Crippen LogP contribution in [0, 0.1) is 6.92 Å². The molecule has 1 aromatic heterocycles. The van der Waals surface area contributed by atoms with Gasteiger partial charge in [0, 0.05) is 18.7 Å². The molecule has 0 aliphatic heterocycles. The Bertz CT molecular complexity index is 943. The van der Waals surface area contributed by atoms with Crippen LogP contribution in [-0.2, 0) is 0 Å². The molecule has 0 radical (unpaired) electrons. The molecule has 1 heterocycles. The van der Waals surface area contributed by atoms with Crippen molar-refractivity contribution < 1.29 is 14.3 Å². The predicted molar refractivity (Wildman–Crippen MR) is 114 cm³/mol. The lowest BCUT2D eigenvalue weighted by Crippen LogP contribution is -2.37. The lowest BCUT2D eigenvalue weighted by Gasteiger charge is -2.22. The first-order chi connectivity index (χ1) is 13.5. The van der Waals surface area contributed by atoms with Gasteiger partial charge in [-0.25, -0.2) is 4.98 Å². The molecule has 3 rings (SSSR count). The molecular weight excluding hydrogens is 374 g/mol. The number of hydrogen-bond donors (Lipinski definition) is 0. The number of ether oxygens (including phenoxy) is 2. The normalized spacial score (nSPS) is 11.1. The van der Waals surface area contributed by atoms with Gasteiger partial charge in [-0.3, -0.25) is 9.69 Å². The van der Waals surface area contributed by atoms with Crippen LogP contribution in [0.15, 0.2) is 36.4 Å². The molecule has 0 saturated heterocycles. The van der Waals surface area contributed by atoms with Crippen LogP contribution in [0.5, 0.6) is 11.5 Å². The zero-order chi connectivity index (χ0) is 20.3. The van der Waals surface area contributed by atoms with Crippen LogP contribution in [0.3, 0.4) is 0 Å². The van der Waals surface area contributed by atoms with Crippen LogP contribution >= 0.6 is 11.3 Å². The predicted octanol–water partition coefficient (Wildman–Crippen LogP) is 3.83. The fraction of sp³-hybridized carbons (Fsp3) is 0.333. The molecular formula is C21H25N3O3S. The van der Waals surface area contributed by atoms with Crippen LogP contribution in [0.1, 0.15) is 15.9 Å². The monoisotopic (exact) mass is 399 g/mol. The zero-order valence-electron chi connectivity index (χ0n) is 16.9. The number of rotatable bonds is 7. The number of fused-ring (bicyclic) bond motifs is 1. The molecule has 0 bridgehead atoms. The summed E-state index contributed by atoms with van der Waals surface area (Å²) < 4.78 is 11.8. The number of anilines is 1. The molecule has 0 fully saturated rings. The summed E-state index contributed by atoms with van der Waals surface area (Å²) in [7, 11) is 7.22. The Morgan fingerprint density at radius 2 is 1.71 bits per heavy atom. The Kier molecular flexibility index (Phi) is 6.16. The molecule has 148 valence electrons. The summed E-state index contributed by atoms with van der Waals surface area (Å²) in [5.74, 6) is 1.32. The number of methoxy groups -OCH3 is 2. The van der Waals surface area contributed by atoms with E-state index in [1.54, 1.807) is 19.1 Å². The highest BCUT2D eigenvalue weighted by molar-refractivity contribution is 7.22. The van der Waals surface area contributed by atoms with Crippen molar-refractivity contribution in [2.75, 3.05) is 46.3 Å². The van der Waals surface area contributed by atoms with Gasteiger partial charge in [-0.1, -0.05) is 29.5 Å². The quantitative estimate of drug-likeness (QED) is 0.604. The number of carbonyl (C=O) groups is 1. The second-order valence-corrected chi connectivity index (χ2v) is 7.70. The topological polar surface area (TPSA) is 54.9 Å². The second kappa shape index (κ2) is 8.58. The lowest BCUT2D eigenvalue weighted by atomic mass is 10.1. The molecule has 1 amide bonds. The third-order valence-corrected chi connectivity index (χ3v) is 5.61. The first-order valence-electron chi connectivity index (χ1n) is 9.00. The summed E-state index contributed by atoms with van der Waals surface area (Å²) in [6, 6.07) is 11.3. The minimum atomic E-state index is -0.0584. The Morgan fingerprint density at radius 1 is 1.04 bits per heavy atom. The maximum Gasteiger partial charge on any atom is 0.260 e. The van der Waals surface area contributed by atoms with Crippen LogP contribution in [0.4, 0.5) is 5.13 Å². The molecule has 0 N–H and O–H groups in total. The maximum atomic E-state index is 13.4. The average Bonchev–Trinajstić information content (AvgIpc) is 3.12. The van der Waals surface area contributed by atoms with E-state index >= 15 is 0 Å². The van der Waals surface area contributed by atoms with Crippen molar-refractivity contribution in [2.45, 2.75) is 6.92 Å². The Labute approximate surface area is 169 Å². The number of benzene rings is 2. The SMILES string of the molecule is COc1ccc(OC)c2sc(N(CCN(C)C)C(=O)c3ccccc3C)nc12. The van der Waals surface area contributed by atoms with Gasteiger partial charge in [0.1, 0.15) is 21.7 Å². The van der Waals surface area contributed by atoms with E-state index in [9.17, 15) is 4.79 Å². The number of nitrogens with zero attached hydrogens (tertiary/aromatic N) is 3. The van der Waals surface area contributed by atoms with Crippen LogP contribution in [0.25, 0.3) is 10.2 Å². The van der Waals surface area contributed by atoms with Crippen molar-refractivity contribution in [1.29, 1.82) is 0 Å². The number of aryl methyl sites for hydroxylation is 1. The van der Waals surface area contributed by atoms with Gasteiger partial charge in [0.15, 0.2) is 5.13 Å². The van der Waals surface area contributed by atoms with Gasteiger partial charge < -0.3 is 14.4 Å². The van der Waals surface area contributed by atoms with E-state index in [0.717, 1.165) is 22.6 Å². The van der Waals surface area contributed by atoms with E-state index in [-0.39, 0.29) is 5.91 Å². The average molecular weight is 400 g/mol. The third kappa shape index (κ3) is 3.95. The molecule has 3 aromatic rings. The number of aromatic nitrogens is 1. The van der Waals surface area contributed by atoms with E-state index in [4.69, 9.17) is 14.5 Å². The number of likely N-dealkylation sites (N-methyl/N-ethyl adjacent to an activating group) is 1. The third-order valence-electron chi connectivity index (χ3n) is 4.52. The molecule has 0 unspecified atom stereocenters. The van der Waals surface area contributed by atoms with Gasteiger partial charge in [-0.15, -0.1) is 0 Å². The summed E-state index contributed by atoms with van der Waals surface area (Å²) in [5.41, 5.74) is 2.33. The van der Waals surface area contributed by atoms with Crippen molar-refractivity contribution in [3.05, 3.63) is 47.5 Å². The highest BCUT2D eigenvalue weighted by Gasteiger charge is 2.24. The first-order valence-corrected chi connectivity index (χ1v) is 9.81. The van der Waals surface area contributed by atoms with Crippen molar-refractivity contribution in [3.63, 3.8) is 0 Å². The van der Waals surface area contributed by atoms with Crippen LogP contribution in [-0.4, -0.2) is 57.2 Å². The number of thiazole rings is 1. The molecule has 2 aromatic carbocycles. The minimum Gasteiger partial charge on any atom is -0.495 e. The standard InChI is InChI=1S/C21H25N3O3S/c1-14-8-6-7-9-15(14)20(25)24(13-12-23(2)3)21-22-18-16(26-4)10-11-17(27-5)19(18)28-21/h6-11H,12-13H2,1-5H3. The van der Waals surface area contributed by atoms with E-state index < -0.39 is 0 Å². The number of amides is 1. The summed E-state index contributed by atoms with van der Waals surface area (Å²) in [4.78, 5) is 21.9. The highest BCUT2D eigenvalue weighted by atomic mass is 32.1. The summed E-state index contributed by atoms with van der Waals surface area (Å²) in [6.07, 6.45) is 0. The first kappa shape index (κ1) is 20.1. The van der Waals surface area contributed by atoms with Gasteiger partial charge in [0.05, 0.1) is 14.2 Å². The van der Waals surface area contributed by atoms with Gasteiger partial charge in [-0.05, 0) is 44.8 Å². The van der Waals surface area contributed by atoms with Crippen molar-refractivity contribution in [3.8, 4) is 11.5 Å². The number of carbonyl (C=O) groups excluding carboxylic acids is 1. The fourth-order valence-electron chi connectivity index (χ4n) is 2.93. The van der Waals surface area contributed by atoms with E-state index in [2.05, 4.69) is 0 Å². The fourth-order valence-corrected chi connectivity index (χ4v) is 4.03. The summed E-state index contributed by atoms with van der Waals surface area (Å²) in [6.45, 7) is 3.20. The second-order valence-electron chi connectivity index (χ2n) is 6.72. The molecule has 6 nitrogen and oxygen atoms in total. The maximum absolute atomic E-state index is 13.4. The van der Waals surface area contributed by atoms with E-state index in [1.165, 1.54) is 11.3 Å². The van der Waals surface area contributed by atoms with Crippen molar-refractivity contribution >= 4 is 32.6 Å². The molecule has 28 heavy (non-hydrogen) atoms. The molecule has 0 atom stereocenters. The van der Waals surface area contributed by atoms with Gasteiger partial charge in [-0.2, -0.15) is 0 Å². The van der Waals surface area contributed by atoms with Gasteiger partial charge in [0.25, 0.3) is 5.91 Å². The summed E-state index contributed by atoms with van der Waals surface area (Å²) >= 11 is 1.44.